The number of aliphatic hydroxyl groups excluding tert-OH is 3. The number of carbonyl (C=O) groups excluding carboxylic acids is 2. The van der Waals surface area contributed by atoms with Crippen LogP contribution in [-0.2, 0) is 19.1 Å². The molecule has 18 heavy (non-hydrogen) atoms. The van der Waals surface area contributed by atoms with Gasteiger partial charge in [-0.25, -0.2) is 0 Å². The lowest BCUT2D eigenvalue weighted by atomic mass is 9.81. The molecule has 104 valence electrons. The number of esters is 1. The van der Waals surface area contributed by atoms with Crippen LogP contribution in [0.5, 0.6) is 0 Å². The van der Waals surface area contributed by atoms with Crippen molar-refractivity contribution in [3.8, 4) is 0 Å². The Balaban J connectivity index is 3.07. The Bertz CT molecular complexity index is 343. The van der Waals surface area contributed by atoms with Crippen LogP contribution < -0.4 is 0 Å². The average molecular weight is 264 g/mol. The lowest BCUT2D eigenvalue weighted by molar-refractivity contribution is -0.314. The molecule has 0 aromatic carbocycles. The molecule has 1 fully saturated rings. The van der Waals surface area contributed by atoms with Gasteiger partial charge in [0.25, 0.3) is 0 Å². The van der Waals surface area contributed by atoms with Crippen molar-refractivity contribution in [2.75, 3.05) is 6.61 Å². The fourth-order valence-electron chi connectivity index (χ4n) is 1.80. The molecular weight excluding hydrogens is 248 g/mol. The van der Waals surface area contributed by atoms with Crippen LogP contribution >= 0.6 is 0 Å². The third kappa shape index (κ3) is 2.38. The molecule has 1 rings (SSSR count). The second-order valence-electron chi connectivity index (χ2n) is 4.11. The molecule has 4 N–H and O–H groups in total. The van der Waals surface area contributed by atoms with Crippen molar-refractivity contribution in [1.82, 2.24) is 0 Å². The van der Waals surface area contributed by atoms with Gasteiger partial charge in [0, 0.05) is 6.92 Å². The summed E-state index contributed by atoms with van der Waals surface area (Å²) >= 11 is 0. The minimum absolute atomic E-state index is 0.721. The number of carbonyl (C=O) groups is 2. The molecule has 0 radical (unpaired) electrons. The lowest BCUT2D eigenvalue weighted by Gasteiger charge is -2.45. The maximum atomic E-state index is 11.4. The van der Waals surface area contributed by atoms with E-state index in [2.05, 4.69) is 4.74 Å². The summed E-state index contributed by atoms with van der Waals surface area (Å²) in [5, 5.41) is 38.5. The quantitative estimate of drug-likeness (QED) is 0.405. The maximum absolute atomic E-state index is 11.4. The van der Waals surface area contributed by atoms with Crippen molar-refractivity contribution in [2.45, 2.75) is 44.1 Å². The molecule has 0 saturated carbocycles. The Kier molecular flexibility index (Phi) is 4.41. The van der Waals surface area contributed by atoms with Crippen molar-refractivity contribution < 1.29 is 39.5 Å². The maximum Gasteiger partial charge on any atom is 0.305 e. The fourth-order valence-corrected chi connectivity index (χ4v) is 1.80. The highest BCUT2D eigenvalue weighted by molar-refractivity contribution is 5.86. The van der Waals surface area contributed by atoms with Gasteiger partial charge in [-0.3, -0.25) is 9.59 Å². The SMILES string of the molecule is CC(=O)O[C@H]1O[C@H](CO)[C@@H](O)[C@@](O)(C(C)=O)[C@H]1O. The van der Waals surface area contributed by atoms with E-state index in [-0.39, 0.29) is 0 Å². The van der Waals surface area contributed by atoms with Crippen molar-refractivity contribution in [3.63, 3.8) is 0 Å². The van der Waals surface area contributed by atoms with E-state index in [1.54, 1.807) is 0 Å². The van der Waals surface area contributed by atoms with E-state index < -0.39 is 48.6 Å². The standard InChI is InChI=1S/C10H16O8/c1-4(12)10(16)7(14)6(3-11)18-9(8(10)15)17-5(2)13/h6-9,11,14-16H,3H2,1-2H3/t6-,7-,8+,9+,10+/m1/s1. The summed E-state index contributed by atoms with van der Waals surface area (Å²) in [6.07, 6.45) is -6.78. The number of hydrogen-bond acceptors (Lipinski definition) is 8. The second kappa shape index (κ2) is 5.29. The van der Waals surface area contributed by atoms with Crippen LogP contribution in [0.1, 0.15) is 13.8 Å². The van der Waals surface area contributed by atoms with Gasteiger partial charge in [0.1, 0.15) is 12.2 Å². The Morgan fingerprint density at radius 1 is 1.28 bits per heavy atom. The molecule has 1 heterocycles. The molecule has 0 aromatic rings. The van der Waals surface area contributed by atoms with Crippen LogP contribution in [0.25, 0.3) is 0 Å². The third-order valence-electron chi connectivity index (χ3n) is 2.85. The molecule has 8 nitrogen and oxygen atoms in total. The summed E-state index contributed by atoms with van der Waals surface area (Å²) in [7, 11) is 0. The third-order valence-corrected chi connectivity index (χ3v) is 2.85. The number of rotatable bonds is 3. The highest BCUT2D eigenvalue weighted by atomic mass is 16.7. The van der Waals surface area contributed by atoms with Crippen LogP contribution in [0.15, 0.2) is 0 Å². The zero-order valence-electron chi connectivity index (χ0n) is 9.94. The molecule has 0 bridgehead atoms. The van der Waals surface area contributed by atoms with Crippen LogP contribution in [0, 0.1) is 0 Å². The summed E-state index contributed by atoms with van der Waals surface area (Å²) < 4.78 is 9.50. The van der Waals surface area contributed by atoms with Gasteiger partial charge >= 0.3 is 5.97 Å². The summed E-state index contributed by atoms with van der Waals surface area (Å²) in [5.41, 5.74) is -2.56. The molecule has 5 atom stereocenters. The fraction of sp³-hybridized carbons (Fsp3) is 0.800. The summed E-state index contributed by atoms with van der Waals surface area (Å²) in [4.78, 5) is 22.2. The second-order valence-corrected chi connectivity index (χ2v) is 4.11. The van der Waals surface area contributed by atoms with Gasteiger partial charge in [-0.2, -0.15) is 0 Å². The number of aliphatic hydroxyl groups is 4. The van der Waals surface area contributed by atoms with E-state index in [1.165, 1.54) is 0 Å². The van der Waals surface area contributed by atoms with Crippen molar-refractivity contribution >= 4 is 11.8 Å². The van der Waals surface area contributed by atoms with Gasteiger partial charge in [0.15, 0.2) is 17.5 Å². The van der Waals surface area contributed by atoms with E-state index >= 15 is 0 Å². The molecule has 1 saturated heterocycles. The number of ketones is 1. The van der Waals surface area contributed by atoms with Crippen LogP contribution in [0.2, 0.25) is 0 Å². The zero-order valence-corrected chi connectivity index (χ0v) is 9.94. The first kappa shape index (κ1) is 15.0. The Morgan fingerprint density at radius 3 is 2.22 bits per heavy atom. The van der Waals surface area contributed by atoms with Gasteiger partial charge in [-0.05, 0) is 6.92 Å². The number of ether oxygens (including phenoxy) is 2. The van der Waals surface area contributed by atoms with E-state index in [9.17, 15) is 24.9 Å². The van der Waals surface area contributed by atoms with E-state index in [0.717, 1.165) is 13.8 Å². The molecular formula is C10H16O8. The number of Topliss-reactive ketones (excluding diaryl/α,β-unsaturated/α-hetero) is 1. The molecule has 1 aliphatic rings. The molecule has 0 unspecified atom stereocenters. The highest BCUT2D eigenvalue weighted by Crippen LogP contribution is 2.31. The Morgan fingerprint density at radius 2 is 1.83 bits per heavy atom. The average Bonchev–Trinajstić information content (AvgIpc) is 2.29. The summed E-state index contributed by atoms with van der Waals surface area (Å²) in [6.45, 7) is 1.28. The summed E-state index contributed by atoms with van der Waals surface area (Å²) in [6, 6.07) is 0. The van der Waals surface area contributed by atoms with E-state index in [0.29, 0.717) is 0 Å². The molecule has 0 spiro atoms. The minimum Gasteiger partial charge on any atom is -0.433 e. The van der Waals surface area contributed by atoms with Crippen molar-refractivity contribution in [3.05, 3.63) is 0 Å². The normalized spacial score (nSPS) is 40.3. The smallest absolute Gasteiger partial charge is 0.305 e. The monoisotopic (exact) mass is 264 g/mol. The molecule has 0 aromatic heterocycles. The van der Waals surface area contributed by atoms with Crippen molar-refractivity contribution in [1.29, 1.82) is 0 Å². The first-order valence-electron chi connectivity index (χ1n) is 5.28. The Labute approximate surface area is 103 Å². The first-order valence-corrected chi connectivity index (χ1v) is 5.28. The molecule has 8 heteroatoms. The van der Waals surface area contributed by atoms with Crippen LogP contribution in [0.3, 0.4) is 0 Å². The van der Waals surface area contributed by atoms with Gasteiger partial charge in [0.2, 0.25) is 6.29 Å². The largest absolute Gasteiger partial charge is 0.433 e. The van der Waals surface area contributed by atoms with Gasteiger partial charge < -0.3 is 29.9 Å². The van der Waals surface area contributed by atoms with Crippen molar-refractivity contribution in [2.24, 2.45) is 0 Å². The van der Waals surface area contributed by atoms with Gasteiger partial charge in [0.05, 0.1) is 6.61 Å². The Hall–Kier alpha value is -1.06. The molecule has 0 amide bonds. The highest BCUT2D eigenvalue weighted by Gasteiger charge is 2.59. The van der Waals surface area contributed by atoms with E-state index in [4.69, 9.17) is 9.84 Å². The number of hydrogen-bond donors (Lipinski definition) is 4. The summed E-state index contributed by atoms with van der Waals surface area (Å²) in [5.74, 6) is -1.74. The predicted octanol–water partition coefficient (Wildman–Crippen LogP) is -2.69. The van der Waals surface area contributed by atoms with Gasteiger partial charge in [-0.1, -0.05) is 0 Å². The van der Waals surface area contributed by atoms with Crippen LogP contribution in [0.4, 0.5) is 0 Å². The zero-order chi connectivity index (χ0) is 14.1. The molecule has 0 aliphatic carbocycles. The topological polar surface area (TPSA) is 134 Å². The molecule has 1 aliphatic heterocycles. The lowest BCUT2D eigenvalue weighted by Crippen LogP contribution is -2.70. The minimum atomic E-state index is -2.56. The van der Waals surface area contributed by atoms with E-state index in [1.807, 2.05) is 0 Å². The van der Waals surface area contributed by atoms with Gasteiger partial charge in [-0.15, -0.1) is 0 Å². The van der Waals surface area contributed by atoms with Crippen LogP contribution in [-0.4, -0.2) is 69.0 Å². The first-order chi connectivity index (χ1) is 8.25. The predicted molar refractivity (Wildman–Crippen MR) is 55.2 cm³/mol.